The summed E-state index contributed by atoms with van der Waals surface area (Å²) in [6, 6.07) is 12.5. The van der Waals surface area contributed by atoms with Crippen molar-refractivity contribution in [1.82, 2.24) is 0 Å². The first-order valence-electron chi connectivity index (χ1n) is 6.31. The second-order valence-corrected chi connectivity index (χ2v) is 4.56. The topological polar surface area (TPSA) is 58.6 Å². The number of hydrogen-bond donors (Lipinski definition) is 2. The van der Waals surface area contributed by atoms with Crippen LogP contribution >= 0.6 is 0 Å². The zero-order chi connectivity index (χ0) is 14.5. The Hall–Kier alpha value is -2.49. The number of aryl methyl sites for hydroxylation is 1. The number of phenolic OH excluding ortho intramolecular Hbond substituents is 1. The lowest BCUT2D eigenvalue weighted by Crippen LogP contribution is -2.04. The van der Waals surface area contributed by atoms with Crippen molar-refractivity contribution in [2.45, 2.75) is 13.5 Å². The van der Waals surface area contributed by atoms with E-state index in [0.29, 0.717) is 12.1 Å². The van der Waals surface area contributed by atoms with E-state index in [-0.39, 0.29) is 11.7 Å². The van der Waals surface area contributed by atoms with Crippen molar-refractivity contribution < 1.29 is 14.6 Å². The number of benzene rings is 2. The quantitative estimate of drug-likeness (QED) is 0.839. The molecule has 0 atom stereocenters. The van der Waals surface area contributed by atoms with Crippen LogP contribution in [0.5, 0.6) is 5.75 Å². The molecule has 2 aromatic rings. The summed E-state index contributed by atoms with van der Waals surface area (Å²) in [6.45, 7) is 2.46. The second kappa shape index (κ2) is 6.10. The molecular formula is C16H17NO3. The number of aromatic hydroxyl groups is 1. The van der Waals surface area contributed by atoms with E-state index in [1.807, 2.05) is 25.1 Å². The number of methoxy groups -OCH3 is 1. The molecule has 4 nitrogen and oxygen atoms in total. The first kappa shape index (κ1) is 13.9. The van der Waals surface area contributed by atoms with E-state index in [2.05, 4.69) is 10.1 Å². The van der Waals surface area contributed by atoms with Crippen molar-refractivity contribution in [2.24, 2.45) is 0 Å². The Morgan fingerprint density at radius 3 is 2.80 bits per heavy atom. The largest absolute Gasteiger partial charge is 0.508 e. The molecule has 0 amide bonds. The normalized spacial score (nSPS) is 10.1. The number of phenols is 1. The van der Waals surface area contributed by atoms with Crippen molar-refractivity contribution in [3.63, 3.8) is 0 Å². The van der Waals surface area contributed by atoms with Gasteiger partial charge in [0.2, 0.25) is 0 Å². The van der Waals surface area contributed by atoms with Gasteiger partial charge in [-0.05, 0) is 31.2 Å². The van der Waals surface area contributed by atoms with E-state index in [4.69, 9.17) is 0 Å². The molecule has 0 fully saturated rings. The van der Waals surface area contributed by atoms with Crippen molar-refractivity contribution in [2.75, 3.05) is 12.4 Å². The molecule has 2 rings (SSSR count). The third kappa shape index (κ3) is 3.29. The molecule has 0 spiro atoms. The van der Waals surface area contributed by atoms with Crippen LogP contribution in [0.3, 0.4) is 0 Å². The van der Waals surface area contributed by atoms with E-state index in [0.717, 1.165) is 16.8 Å². The zero-order valence-corrected chi connectivity index (χ0v) is 11.5. The highest BCUT2D eigenvalue weighted by atomic mass is 16.5. The molecule has 0 radical (unpaired) electrons. The van der Waals surface area contributed by atoms with Gasteiger partial charge in [-0.3, -0.25) is 0 Å². The van der Waals surface area contributed by atoms with Crippen LogP contribution in [-0.2, 0) is 11.3 Å². The minimum atomic E-state index is -0.368. The van der Waals surface area contributed by atoms with Gasteiger partial charge in [-0.2, -0.15) is 0 Å². The number of esters is 1. The number of carbonyl (C=O) groups is 1. The third-order valence-electron chi connectivity index (χ3n) is 3.00. The third-order valence-corrected chi connectivity index (χ3v) is 3.00. The lowest BCUT2D eigenvalue weighted by Gasteiger charge is -2.10. The fourth-order valence-corrected chi connectivity index (χ4v) is 1.93. The first-order chi connectivity index (χ1) is 9.60. The summed E-state index contributed by atoms with van der Waals surface area (Å²) in [5.41, 5.74) is 3.19. The Balaban J connectivity index is 2.11. The van der Waals surface area contributed by atoms with E-state index in [1.54, 1.807) is 24.3 Å². The van der Waals surface area contributed by atoms with Gasteiger partial charge in [0.25, 0.3) is 0 Å². The zero-order valence-electron chi connectivity index (χ0n) is 11.5. The van der Waals surface area contributed by atoms with Gasteiger partial charge < -0.3 is 15.2 Å². The van der Waals surface area contributed by atoms with Crippen molar-refractivity contribution >= 4 is 11.7 Å². The average molecular weight is 271 g/mol. The number of hydrogen-bond acceptors (Lipinski definition) is 4. The summed E-state index contributed by atoms with van der Waals surface area (Å²) < 4.78 is 4.68. The number of rotatable bonds is 4. The lowest BCUT2D eigenvalue weighted by molar-refractivity contribution is 0.0601. The molecule has 0 saturated heterocycles. The number of anilines is 1. The Kier molecular flexibility index (Phi) is 4.25. The maximum absolute atomic E-state index is 11.4. The van der Waals surface area contributed by atoms with Gasteiger partial charge in [-0.15, -0.1) is 0 Å². The van der Waals surface area contributed by atoms with Crippen LogP contribution in [0.15, 0.2) is 42.5 Å². The summed E-state index contributed by atoms with van der Waals surface area (Å²) in [7, 11) is 1.35. The van der Waals surface area contributed by atoms with Crippen LogP contribution in [0.4, 0.5) is 5.69 Å². The van der Waals surface area contributed by atoms with Gasteiger partial charge in [-0.25, -0.2) is 4.79 Å². The van der Waals surface area contributed by atoms with Crippen molar-refractivity contribution in [3.8, 4) is 5.75 Å². The molecule has 0 aliphatic carbocycles. The maximum atomic E-state index is 11.4. The van der Waals surface area contributed by atoms with Crippen LogP contribution in [0, 0.1) is 6.92 Å². The van der Waals surface area contributed by atoms with Crippen LogP contribution in [0.1, 0.15) is 21.5 Å². The molecule has 20 heavy (non-hydrogen) atoms. The van der Waals surface area contributed by atoms with E-state index < -0.39 is 0 Å². The van der Waals surface area contributed by atoms with E-state index >= 15 is 0 Å². The Morgan fingerprint density at radius 2 is 2.05 bits per heavy atom. The molecule has 0 heterocycles. The first-order valence-corrected chi connectivity index (χ1v) is 6.31. The second-order valence-electron chi connectivity index (χ2n) is 4.56. The number of nitrogens with one attached hydrogen (secondary N) is 1. The predicted molar refractivity (Wildman–Crippen MR) is 78.0 cm³/mol. The maximum Gasteiger partial charge on any atom is 0.337 e. The minimum absolute atomic E-state index is 0.257. The molecule has 2 N–H and O–H groups in total. The van der Waals surface area contributed by atoms with Gasteiger partial charge in [0.05, 0.1) is 12.7 Å². The van der Waals surface area contributed by atoms with Crippen LogP contribution < -0.4 is 5.32 Å². The molecule has 0 unspecified atom stereocenters. The molecule has 104 valence electrons. The van der Waals surface area contributed by atoms with E-state index in [1.165, 1.54) is 7.11 Å². The summed E-state index contributed by atoms with van der Waals surface area (Å²) in [6.07, 6.45) is 0. The van der Waals surface area contributed by atoms with Crippen LogP contribution in [0.2, 0.25) is 0 Å². The summed E-state index contributed by atoms with van der Waals surface area (Å²) in [5.74, 6) is -0.112. The smallest absolute Gasteiger partial charge is 0.337 e. The molecular weight excluding hydrogens is 254 g/mol. The van der Waals surface area contributed by atoms with Gasteiger partial charge >= 0.3 is 5.97 Å². The summed E-state index contributed by atoms with van der Waals surface area (Å²) in [4.78, 5) is 11.4. The fourth-order valence-electron chi connectivity index (χ4n) is 1.93. The monoisotopic (exact) mass is 271 g/mol. The fraction of sp³-hybridized carbons (Fsp3) is 0.188. The Labute approximate surface area is 118 Å². The molecule has 0 bridgehead atoms. The number of carbonyl (C=O) groups excluding carboxylic acids is 1. The molecule has 0 aliphatic heterocycles. The van der Waals surface area contributed by atoms with Crippen molar-refractivity contribution in [1.29, 1.82) is 0 Å². The van der Waals surface area contributed by atoms with Gasteiger partial charge in [-0.1, -0.05) is 23.8 Å². The summed E-state index contributed by atoms with van der Waals surface area (Å²) in [5, 5.41) is 13.0. The molecule has 0 aliphatic rings. The standard InChI is InChI=1S/C16H17NO3/c1-11-6-7-15(18)13(8-11)10-17-14-5-3-4-12(9-14)16(19)20-2/h3-9,17-18H,10H2,1-2H3. The van der Waals surface area contributed by atoms with Crippen LogP contribution in [0.25, 0.3) is 0 Å². The predicted octanol–water partition coefficient (Wildman–Crippen LogP) is 3.10. The summed E-state index contributed by atoms with van der Waals surface area (Å²) >= 11 is 0. The lowest BCUT2D eigenvalue weighted by atomic mass is 10.1. The Bertz CT molecular complexity index is 623. The molecule has 0 saturated carbocycles. The van der Waals surface area contributed by atoms with Gasteiger partial charge in [0.1, 0.15) is 5.75 Å². The van der Waals surface area contributed by atoms with Crippen LogP contribution in [-0.4, -0.2) is 18.2 Å². The molecule has 2 aromatic carbocycles. The highest BCUT2D eigenvalue weighted by Crippen LogP contribution is 2.20. The van der Waals surface area contributed by atoms with Gasteiger partial charge in [0, 0.05) is 17.8 Å². The molecule has 4 heteroatoms. The molecule has 0 aromatic heterocycles. The number of ether oxygens (including phenoxy) is 1. The highest BCUT2D eigenvalue weighted by molar-refractivity contribution is 5.90. The minimum Gasteiger partial charge on any atom is -0.508 e. The van der Waals surface area contributed by atoms with E-state index in [9.17, 15) is 9.90 Å². The highest BCUT2D eigenvalue weighted by Gasteiger charge is 2.06. The van der Waals surface area contributed by atoms with Crippen molar-refractivity contribution in [3.05, 3.63) is 59.2 Å². The Morgan fingerprint density at radius 1 is 1.25 bits per heavy atom. The van der Waals surface area contributed by atoms with Gasteiger partial charge in [0.15, 0.2) is 0 Å². The average Bonchev–Trinajstić information content (AvgIpc) is 2.47. The SMILES string of the molecule is COC(=O)c1cccc(NCc2cc(C)ccc2O)c1.